The summed E-state index contributed by atoms with van der Waals surface area (Å²) < 4.78 is 10.9. The van der Waals surface area contributed by atoms with Gasteiger partial charge in [-0.1, -0.05) is 11.6 Å². The van der Waals surface area contributed by atoms with Crippen LogP contribution in [0.3, 0.4) is 0 Å². The van der Waals surface area contributed by atoms with Crippen LogP contribution in [0.2, 0.25) is 0 Å². The average molecular weight is 258 g/mol. The molecule has 1 fully saturated rings. The summed E-state index contributed by atoms with van der Waals surface area (Å²) in [6.07, 6.45) is 0. The Morgan fingerprint density at radius 3 is 2.74 bits per heavy atom. The first-order chi connectivity index (χ1) is 9.28. The van der Waals surface area contributed by atoms with Gasteiger partial charge in [-0.15, -0.1) is 0 Å². The highest BCUT2D eigenvalue weighted by Crippen LogP contribution is 2.29. The fraction of sp³-hybridized carbons (Fsp3) is 0.400. The molecule has 2 aromatic rings. The number of fused-ring (bicyclic) bond motifs is 1. The van der Waals surface area contributed by atoms with E-state index in [0.717, 1.165) is 48.8 Å². The molecule has 0 radical (unpaired) electrons. The highest BCUT2D eigenvalue weighted by Gasteiger charge is 2.15. The molecule has 0 unspecified atom stereocenters. The third-order valence-corrected chi connectivity index (χ3v) is 3.47. The minimum absolute atomic E-state index is 0.760. The van der Waals surface area contributed by atoms with Gasteiger partial charge in [0.15, 0.2) is 0 Å². The topological polar surface area (TPSA) is 34.6 Å². The summed E-state index contributed by atoms with van der Waals surface area (Å²) in [5.74, 6) is 1.85. The van der Waals surface area contributed by atoms with E-state index in [1.807, 2.05) is 6.07 Å². The molecule has 19 heavy (non-hydrogen) atoms. The molecule has 1 aromatic carbocycles. The number of pyridine rings is 1. The Morgan fingerprint density at radius 2 is 2.00 bits per heavy atom. The van der Waals surface area contributed by atoms with Crippen molar-refractivity contribution in [1.82, 2.24) is 4.98 Å². The maximum absolute atomic E-state index is 5.52. The highest BCUT2D eigenvalue weighted by molar-refractivity contribution is 5.87. The van der Waals surface area contributed by atoms with Gasteiger partial charge in [0.25, 0.3) is 0 Å². The standard InChI is InChI=1S/C15H18N2O2/c1-11-3-4-13-12(9-11)14(18-2)10-15(16-13)17-5-7-19-8-6-17/h3-4,9-10H,5-8H2,1-2H3. The van der Waals surface area contributed by atoms with E-state index in [4.69, 9.17) is 14.5 Å². The van der Waals surface area contributed by atoms with E-state index < -0.39 is 0 Å². The zero-order valence-corrected chi connectivity index (χ0v) is 11.3. The number of rotatable bonds is 2. The molecule has 0 bridgehead atoms. The molecule has 100 valence electrons. The van der Waals surface area contributed by atoms with Crippen LogP contribution in [-0.2, 0) is 4.74 Å². The first-order valence-corrected chi connectivity index (χ1v) is 6.56. The summed E-state index contributed by atoms with van der Waals surface area (Å²) in [5.41, 5.74) is 2.19. The van der Waals surface area contributed by atoms with Gasteiger partial charge >= 0.3 is 0 Å². The summed E-state index contributed by atoms with van der Waals surface area (Å²) in [6.45, 7) is 5.36. The predicted molar refractivity (Wildman–Crippen MR) is 76.1 cm³/mol. The maximum Gasteiger partial charge on any atom is 0.133 e. The molecule has 4 nitrogen and oxygen atoms in total. The molecular formula is C15H18N2O2. The summed E-state index contributed by atoms with van der Waals surface area (Å²) in [4.78, 5) is 6.98. The molecule has 0 spiro atoms. The number of aromatic nitrogens is 1. The number of methoxy groups -OCH3 is 1. The van der Waals surface area contributed by atoms with Crippen molar-refractivity contribution < 1.29 is 9.47 Å². The number of morpholine rings is 1. The molecule has 0 saturated carbocycles. The van der Waals surface area contributed by atoms with Gasteiger partial charge in [0, 0.05) is 24.5 Å². The Hall–Kier alpha value is -1.81. The van der Waals surface area contributed by atoms with Crippen molar-refractivity contribution in [3.63, 3.8) is 0 Å². The van der Waals surface area contributed by atoms with Crippen LogP contribution in [0.1, 0.15) is 5.56 Å². The Kier molecular flexibility index (Phi) is 3.25. The Bertz CT molecular complexity index is 592. The van der Waals surface area contributed by atoms with Gasteiger partial charge in [-0.3, -0.25) is 0 Å². The molecule has 3 rings (SSSR count). The van der Waals surface area contributed by atoms with Gasteiger partial charge in [0.2, 0.25) is 0 Å². The summed E-state index contributed by atoms with van der Waals surface area (Å²) >= 11 is 0. The van der Waals surface area contributed by atoms with Crippen LogP contribution in [0.25, 0.3) is 10.9 Å². The number of nitrogens with zero attached hydrogens (tertiary/aromatic N) is 2. The second-order valence-corrected chi connectivity index (χ2v) is 4.80. The van der Waals surface area contributed by atoms with E-state index in [-0.39, 0.29) is 0 Å². The van der Waals surface area contributed by atoms with Crippen LogP contribution in [0.5, 0.6) is 5.75 Å². The number of ether oxygens (including phenoxy) is 2. The minimum Gasteiger partial charge on any atom is -0.496 e. The lowest BCUT2D eigenvalue weighted by molar-refractivity contribution is 0.122. The summed E-state index contributed by atoms with van der Waals surface area (Å²) in [6, 6.07) is 8.27. The normalized spacial score (nSPS) is 15.8. The first kappa shape index (κ1) is 12.2. The van der Waals surface area contributed by atoms with Crippen molar-refractivity contribution in [2.75, 3.05) is 38.3 Å². The summed E-state index contributed by atoms with van der Waals surface area (Å²) in [7, 11) is 1.71. The van der Waals surface area contributed by atoms with Gasteiger partial charge in [-0.25, -0.2) is 4.98 Å². The van der Waals surface area contributed by atoms with Gasteiger partial charge in [0.05, 0.1) is 25.8 Å². The fourth-order valence-electron chi connectivity index (χ4n) is 2.42. The average Bonchev–Trinajstić information content (AvgIpc) is 2.47. The molecule has 0 atom stereocenters. The molecule has 0 amide bonds. The maximum atomic E-state index is 5.52. The van der Waals surface area contributed by atoms with Gasteiger partial charge in [0.1, 0.15) is 11.6 Å². The Balaban J connectivity index is 2.08. The smallest absolute Gasteiger partial charge is 0.133 e. The lowest BCUT2D eigenvalue weighted by Gasteiger charge is -2.28. The molecule has 1 aromatic heterocycles. The monoisotopic (exact) mass is 258 g/mol. The molecular weight excluding hydrogens is 240 g/mol. The van der Waals surface area contributed by atoms with Crippen LogP contribution in [0.4, 0.5) is 5.82 Å². The molecule has 0 N–H and O–H groups in total. The second-order valence-electron chi connectivity index (χ2n) is 4.80. The summed E-state index contributed by atoms with van der Waals surface area (Å²) in [5, 5.41) is 1.07. The van der Waals surface area contributed by atoms with E-state index in [9.17, 15) is 0 Å². The van der Waals surface area contributed by atoms with E-state index in [1.54, 1.807) is 7.11 Å². The van der Waals surface area contributed by atoms with Crippen LogP contribution in [0, 0.1) is 6.92 Å². The van der Waals surface area contributed by atoms with E-state index in [1.165, 1.54) is 5.56 Å². The molecule has 1 aliphatic heterocycles. The van der Waals surface area contributed by atoms with Crippen molar-refractivity contribution in [2.45, 2.75) is 6.92 Å². The zero-order valence-electron chi connectivity index (χ0n) is 11.3. The Morgan fingerprint density at radius 1 is 1.21 bits per heavy atom. The molecule has 1 saturated heterocycles. The third kappa shape index (κ3) is 2.36. The number of benzene rings is 1. The van der Waals surface area contributed by atoms with Crippen LogP contribution >= 0.6 is 0 Å². The first-order valence-electron chi connectivity index (χ1n) is 6.56. The van der Waals surface area contributed by atoms with E-state index in [2.05, 4.69) is 30.0 Å². The zero-order chi connectivity index (χ0) is 13.2. The third-order valence-electron chi connectivity index (χ3n) is 3.47. The molecule has 4 heteroatoms. The minimum atomic E-state index is 0.760. The number of hydrogen-bond donors (Lipinski definition) is 0. The van der Waals surface area contributed by atoms with Crippen LogP contribution in [0.15, 0.2) is 24.3 Å². The van der Waals surface area contributed by atoms with Crippen molar-refractivity contribution in [3.8, 4) is 5.75 Å². The van der Waals surface area contributed by atoms with Crippen molar-refractivity contribution in [2.24, 2.45) is 0 Å². The van der Waals surface area contributed by atoms with Crippen molar-refractivity contribution >= 4 is 16.7 Å². The number of hydrogen-bond acceptors (Lipinski definition) is 4. The Labute approximate surface area is 113 Å². The van der Waals surface area contributed by atoms with Gasteiger partial charge < -0.3 is 14.4 Å². The van der Waals surface area contributed by atoms with Crippen LogP contribution < -0.4 is 9.64 Å². The van der Waals surface area contributed by atoms with E-state index >= 15 is 0 Å². The van der Waals surface area contributed by atoms with E-state index in [0.29, 0.717) is 0 Å². The number of anilines is 1. The quantitative estimate of drug-likeness (QED) is 0.828. The lowest BCUT2D eigenvalue weighted by Crippen LogP contribution is -2.36. The van der Waals surface area contributed by atoms with Crippen molar-refractivity contribution in [3.05, 3.63) is 29.8 Å². The largest absolute Gasteiger partial charge is 0.496 e. The van der Waals surface area contributed by atoms with Crippen LogP contribution in [-0.4, -0.2) is 38.4 Å². The second kappa shape index (κ2) is 5.05. The highest BCUT2D eigenvalue weighted by atomic mass is 16.5. The molecule has 0 aliphatic carbocycles. The predicted octanol–water partition coefficient (Wildman–Crippen LogP) is 2.39. The van der Waals surface area contributed by atoms with Gasteiger partial charge in [-0.05, 0) is 19.1 Å². The fourth-order valence-corrected chi connectivity index (χ4v) is 2.42. The SMILES string of the molecule is COc1cc(N2CCOCC2)nc2ccc(C)cc12. The van der Waals surface area contributed by atoms with Gasteiger partial charge in [-0.2, -0.15) is 0 Å². The molecule has 1 aliphatic rings. The number of aryl methyl sites for hydroxylation is 1. The lowest BCUT2D eigenvalue weighted by atomic mass is 10.1. The van der Waals surface area contributed by atoms with Crippen molar-refractivity contribution in [1.29, 1.82) is 0 Å². The molecule has 2 heterocycles.